The van der Waals surface area contributed by atoms with Gasteiger partial charge in [0, 0.05) is 48.0 Å². The number of isothiocyanates is 1. The van der Waals surface area contributed by atoms with Crippen LogP contribution in [-0.2, 0) is 33.9 Å². The summed E-state index contributed by atoms with van der Waals surface area (Å²) in [6.07, 6.45) is -1.45. The third-order valence-electron chi connectivity index (χ3n) is 7.20. The van der Waals surface area contributed by atoms with Gasteiger partial charge in [0.05, 0.1) is 28.5 Å². The number of allylic oxidation sites excluding steroid dienone is 1. The fourth-order valence-corrected chi connectivity index (χ4v) is 4.82. The fraction of sp³-hybridized carbons (Fsp3) is 0.0250. The van der Waals surface area contributed by atoms with E-state index in [9.17, 15) is 27.6 Å². The van der Waals surface area contributed by atoms with Crippen LogP contribution in [0.25, 0.3) is 39.6 Å². The van der Waals surface area contributed by atoms with Crippen molar-refractivity contribution in [2.75, 3.05) is 4.90 Å². The molecule has 0 bridgehead atoms. The third kappa shape index (κ3) is 13.7. The van der Waals surface area contributed by atoms with Gasteiger partial charge >= 0.3 is 25.7 Å². The number of ether oxygens (including phenoxy) is 3. The van der Waals surface area contributed by atoms with E-state index in [-0.39, 0.29) is 48.9 Å². The van der Waals surface area contributed by atoms with Crippen molar-refractivity contribution in [3.63, 3.8) is 0 Å². The molecular formula is C40H27F3N8O6RuS. The van der Waals surface area contributed by atoms with Gasteiger partial charge in [0.1, 0.15) is 28.8 Å². The third-order valence-corrected chi connectivity index (χ3v) is 7.20. The molecule has 4 heterocycles. The minimum Gasteiger partial charge on any atom is -0.753 e. The van der Waals surface area contributed by atoms with E-state index in [0.29, 0.717) is 47.6 Å². The SMILES string of the molecule is N=C(/C=C(\[NH-])c1cccc(N(c2ccccc2)c2ccccc2)n1)C(F)(F)F.O=COc1ccnc(-c2cc(OC=O)cc(-c3cc(OC=O)ccn3)n2)c1.[N-]=C=S.[Ru+2]. The average molecular weight is 906 g/mol. The molecular weight excluding hydrogens is 879 g/mol. The minimum absolute atomic E-state index is 0. The van der Waals surface area contributed by atoms with Gasteiger partial charge in [0.2, 0.25) is 0 Å². The summed E-state index contributed by atoms with van der Waals surface area (Å²) >= 11 is 3.70. The van der Waals surface area contributed by atoms with Crippen LogP contribution in [0.1, 0.15) is 5.69 Å². The number of pyridine rings is 4. The Morgan fingerprint density at radius 3 is 1.58 bits per heavy atom. The number of para-hydroxylation sites is 2. The second-order valence-corrected chi connectivity index (χ2v) is 11.1. The van der Waals surface area contributed by atoms with E-state index < -0.39 is 17.6 Å². The number of alkyl halides is 3. The van der Waals surface area contributed by atoms with Gasteiger partial charge in [0.15, 0.2) is 0 Å². The van der Waals surface area contributed by atoms with Crippen LogP contribution in [0.4, 0.5) is 30.4 Å². The Morgan fingerprint density at radius 2 is 1.14 bits per heavy atom. The monoisotopic (exact) mass is 906 g/mol. The quantitative estimate of drug-likeness (QED) is 0.0499. The summed E-state index contributed by atoms with van der Waals surface area (Å²) in [5.74, 6) is 1.21. The molecule has 19 heteroatoms. The largest absolute Gasteiger partial charge is 2.00 e. The molecule has 0 aliphatic heterocycles. The topological polar surface area (TPSA) is 204 Å². The van der Waals surface area contributed by atoms with Crippen LogP contribution in [0.5, 0.6) is 17.2 Å². The molecule has 0 radical (unpaired) electrons. The predicted molar refractivity (Wildman–Crippen MR) is 212 cm³/mol. The van der Waals surface area contributed by atoms with Crippen LogP contribution in [0.2, 0.25) is 0 Å². The maximum absolute atomic E-state index is 12.6. The van der Waals surface area contributed by atoms with Crippen molar-refractivity contribution in [2.24, 2.45) is 0 Å². The van der Waals surface area contributed by atoms with E-state index in [1.807, 2.05) is 65.6 Å². The molecule has 6 aromatic rings. The number of hydrogen-bond acceptors (Lipinski definition) is 13. The van der Waals surface area contributed by atoms with E-state index in [0.717, 1.165) is 11.4 Å². The zero-order valence-electron chi connectivity index (χ0n) is 30.0. The number of carbonyl (C=O) groups is 3. The van der Waals surface area contributed by atoms with E-state index in [1.54, 1.807) is 12.1 Å². The molecule has 0 amide bonds. The number of thiocarbonyl (C=S) groups is 1. The number of nitrogens with one attached hydrogen (secondary N) is 2. The van der Waals surface area contributed by atoms with Crippen LogP contribution in [-0.4, -0.2) is 56.4 Å². The molecule has 298 valence electrons. The Morgan fingerprint density at radius 1 is 0.695 bits per heavy atom. The van der Waals surface area contributed by atoms with Gasteiger partial charge < -0.3 is 25.4 Å². The van der Waals surface area contributed by atoms with Gasteiger partial charge in [-0.3, -0.25) is 34.7 Å². The van der Waals surface area contributed by atoms with E-state index in [1.165, 1.54) is 60.0 Å². The molecule has 0 atom stereocenters. The molecule has 0 saturated heterocycles. The van der Waals surface area contributed by atoms with E-state index in [4.69, 9.17) is 30.8 Å². The smallest absolute Gasteiger partial charge is 0.753 e. The summed E-state index contributed by atoms with van der Waals surface area (Å²) in [5, 5.41) is 15.5. The summed E-state index contributed by atoms with van der Waals surface area (Å²) < 4.78 is 52.3. The van der Waals surface area contributed by atoms with Crippen LogP contribution in [0, 0.1) is 5.41 Å². The Bertz CT molecular complexity index is 2310. The van der Waals surface area contributed by atoms with Crippen molar-refractivity contribution in [2.45, 2.75) is 6.18 Å². The Labute approximate surface area is 352 Å². The Hall–Kier alpha value is -7.33. The first-order chi connectivity index (χ1) is 28.0. The molecule has 14 nitrogen and oxygen atoms in total. The Kier molecular flexibility index (Phi) is 18.0. The number of benzene rings is 2. The zero-order valence-corrected chi connectivity index (χ0v) is 32.5. The average Bonchev–Trinajstić information content (AvgIpc) is 3.22. The van der Waals surface area contributed by atoms with Gasteiger partial charge in [-0.15, -0.1) is 5.70 Å². The van der Waals surface area contributed by atoms with E-state index >= 15 is 0 Å². The number of hydrogen-bond donors (Lipinski definition) is 1. The number of halogens is 3. The first-order valence-electron chi connectivity index (χ1n) is 16.2. The number of carbonyl (C=O) groups excluding carboxylic acids is 3. The van der Waals surface area contributed by atoms with Crippen molar-refractivity contribution in [1.82, 2.24) is 19.9 Å². The molecule has 0 spiro atoms. The minimum atomic E-state index is -4.80. The predicted octanol–water partition coefficient (Wildman–Crippen LogP) is 8.99. The maximum atomic E-state index is 12.6. The molecule has 0 aliphatic rings. The Balaban J connectivity index is 0.000000291. The van der Waals surface area contributed by atoms with Crippen molar-refractivity contribution in [1.29, 1.82) is 5.41 Å². The summed E-state index contributed by atoms with van der Waals surface area (Å²) in [6, 6.07) is 32.6. The second kappa shape index (κ2) is 23.0. The van der Waals surface area contributed by atoms with Gasteiger partial charge in [-0.25, -0.2) is 9.97 Å². The van der Waals surface area contributed by atoms with Crippen LogP contribution in [0.15, 0.2) is 134 Å². The fourth-order valence-electron chi connectivity index (χ4n) is 4.82. The summed E-state index contributed by atoms with van der Waals surface area (Å²) in [7, 11) is 0. The summed E-state index contributed by atoms with van der Waals surface area (Å²) in [4.78, 5) is 50.8. The summed E-state index contributed by atoms with van der Waals surface area (Å²) in [5.41, 5.74) is 8.98. The number of nitrogens with zero attached hydrogens (tertiary/aromatic N) is 6. The van der Waals surface area contributed by atoms with Gasteiger partial charge in [-0.05, 0) is 54.6 Å². The van der Waals surface area contributed by atoms with Crippen LogP contribution < -0.4 is 19.1 Å². The number of aromatic nitrogens is 4. The van der Waals surface area contributed by atoms with Crippen molar-refractivity contribution in [3.8, 4) is 40.0 Å². The molecule has 0 aliphatic carbocycles. The normalized spacial score (nSPS) is 10.3. The molecule has 0 unspecified atom stereocenters. The van der Waals surface area contributed by atoms with Crippen LogP contribution in [0.3, 0.4) is 0 Å². The first-order valence-corrected chi connectivity index (χ1v) is 16.7. The van der Waals surface area contributed by atoms with Crippen molar-refractivity contribution in [3.05, 3.63) is 151 Å². The summed E-state index contributed by atoms with van der Waals surface area (Å²) in [6.45, 7) is 0.875. The first kappa shape index (κ1) is 46.1. The van der Waals surface area contributed by atoms with Gasteiger partial charge in [-0.2, -0.15) is 18.3 Å². The molecule has 0 fully saturated rings. The molecule has 6 rings (SSSR count). The molecule has 2 N–H and O–H groups in total. The van der Waals surface area contributed by atoms with Crippen LogP contribution >= 0.6 is 12.2 Å². The molecule has 59 heavy (non-hydrogen) atoms. The van der Waals surface area contributed by atoms with Gasteiger partial charge in [-0.1, -0.05) is 54.7 Å². The molecule has 0 saturated carbocycles. The van der Waals surface area contributed by atoms with Crippen molar-refractivity contribution >= 4 is 65.4 Å². The molecule has 2 aromatic carbocycles. The maximum Gasteiger partial charge on any atom is 2.00 e. The van der Waals surface area contributed by atoms with Crippen molar-refractivity contribution < 1.29 is 61.2 Å². The zero-order chi connectivity index (χ0) is 41.9. The number of rotatable bonds is 13. The van der Waals surface area contributed by atoms with E-state index in [2.05, 4.69) is 32.2 Å². The van der Waals surface area contributed by atoms with Gasteiger partial charge in [0.25, 0.3) is 19.4 Å². The second-order valence-electron chi connectivity index (χ2n) is 10.9. The standard InChI is InChI=1S/C21H16F3N4.C18H11N3O6.CNS.Ru/c22-21(23,24)19(26)14-17(25)18-12-7-13-20(27-18)28(15-8-3-1-4-9-15)16-10-5-2-6-11-16;22-9-25-12-1-3-19-15(5-12)17-7-14(27-11-24)8-18(21-17)16-6-13(26-10-23)2-4-20-16;2-1-3;/h1-14,25-26H;1-11H;;/q-1;;-1;+2/b17-14-,26-19?;;;. The number of anilines is 3. The molecule has 4 aromatic heterocycles.